The average Bonchev–Trinajstić information content (AvgIpc) is 2.90. The third-order valence-electron chi connectivity index (χ3n) is 6.69. The Labute approximate surface area is 211 Å². The van der Waals surface area contributed by atoms with E-state index < -0.39 is 11.6 Å². The summed E-state index contributed by atoms with van der Waals surface area (Å²) < 4.78 is 54.7. The summed E-state index contributed by atoms with van der Waals surface area (Å²) in [6.45, 7) is 6.28. The maximum absolute atomic E-state index is 14.8. The van der Waals surface area contributed by atoms with Crippen LogP contribution in [0.2, 0.25) is 0 Å². The molecule has 1 saturated carbocycles. The minimum Gasteiger partial charge on any atom is -0.494 e. The van der Waals surface area contributed by atoms with Crippen LogP contribution in [0.1, 0.15) is 49.7 Å². The van der Waals surface area contributed by atoms with Crippen LogP contribution in [0.3, 0.4) is 0 Å². The molecule has 0 atom stereocenters. The van der Waals surface area contributed by atoms with E-state index in [1.165, 1.54) is 0 Å². The third-order valence-corrected chi connectivity index (χ3v) is 6.69. The first kappa shape index (κ1) is 25.6. The average molecular weight is 493 g/mol. The lowest BCUT2D eigenvalue weighted by molar-refractivity contribution is 0.340. The summed E-state index contributed by atoms with van der Waals surface area (Å²) in [5.41, 5.74) is 2.03. The molecule has 0 amide bonds. The lowest BCUT2D eigenvalue weighted by Gasteiger charge is -2.27. The van der Waals surface area contributed by atoms with Gasteiger partial charge in [-0.25, -0.2) is 13.2 Å². The molecule has 2 nitrogen and oxygen atoms in total. The van der Waals surface area contributed by atoms with Gasteiger partial charge in [-0.05, 0) is 79.8 Å². The molecule has 188 valence electrons. The van der Waals surface area contributed by atoms with Crippen LogP contribution >= 0.6 is 0 Å². The molecule has 0 bridgehead atoms. The minimum absolute atomic E-state index is 0.223. The molecule has 4 rings (SSSR count). The highest BCUT2D eigenvalue weighted by atomic mass is 19.2. The van der Waals surface area contributed by atoms with Gasteiger partial charge in [-0.3, -0.25) is 0 Å². The smallest absolute Gasteiger partial charge is 0.167 e. The van der Waals surface area contributed by atoms with Crippen molar-refractivity contribution in [1.82, 2.24) is 0 Å². The van der Waals surface area contributed by atoms with Crippen LogP contribution in [0.5, 0.6) is 11.5 Å². The Morgan fingerprint density at radius 2 is 1.64 bits per heavy atom. The van der Waals surface area contributed by atoms with Gasteiger partial charge in [-0.1, -0.05) is 55.1 Å². The summed E-state index contributed by atoms with van der Waals surface area (Å²) >= 11 is 0. The maximum atomic E-state index is 14.8. The SMILES string of the molecule is C=CCOc1ccc(C2CCC(/C=C/c3ccc(-c4ccc(OCC)cc4)c(F)c3F)CC2)cc1F. The van der Waals surface area contributed by atoms with E-state index in [0.29, 0.717) is 17.9 Å². The molecule has 1 aliphatic rings. The first-order chi connectivity index (χ1) is 17.5. The zero-order valence-corrected chi connectivity index (χ0v) is 20.5. The predicted molar refractivity (Wildman–Crippen MR) is 139 cm³/mol. The molecule has 36 heavy (non-hydrogen) atoms. The summed E-state index contributed by atoms with van der Waals surface area (Å²) in [6.07, 6.45) is 8.87. The van der Waals surface area contributed by atoms with Gasteiger partial charge >= 0.3 is 0 Å². The van der Waals surface area contributed by atoms with Gasteiger partial charge in [0.1, 0.15) is 12.4 Å². The minimum atomic E-state index is -0.854. The molecule has 0 aromatic heterocycles. The van der Waals surface area contributed by atoms with E-state index >= 15 is 0 Å². The Kier molecular flexibility index (Phi) is 8.52. The Balaban J connectivity index is 1.38. The molecule has 1 fully saturated rings. The van der Waals surface area contributed by atoms with Crippen molar-refractivity contribution in [2.75, 3.05) is 13.2 Å². The fraction of sp³-hybridized carbons (Fsp3) is 0.290. The van der Waals surface area contributed by atoms with Crippen LogP contribution in [-0.2, 0) is 0 Å². The van der Waals surface area contributed by atoms with Gasteiger partial charge in [0.15, 0.2) is 23.2 Å². The number of rotatable bonds is 9. The quantitative estimate of drug-likeness (QED) is 0.278. The molecule has 0 radical (unpaired) electrons. The van der Waals surface area contributed by atoms with Crippen LogP contribution in [-0.4, -0.2) is 13.2 Å². The van der Waals surface area contributed by atoms with Gasteiger partial charge < -0.3 is 9.47 Å². The molecule has 0 heterocycles. The molecule has 0 unspecified atom stereocenters. The zero-order valence-electron chi connectivity index (χ0n) is 20.5. The monoisotopic (exact) mass is 492 g/mol. The number of halogens is 3. The van der Waals surface area contributed by atoms with Crippen LogP contribution in [0, 0.1) is 23.4 Å². The van der Waals surface area contributed by atoms with Crippen molar-refractivity contribution in [3.05, 3.63) is 102 Å². The zero-order chi connectivity index (χ0) is 25.5. The second-order valence-electron chi connectivity index (χ2n) is 9.05. The van der Waals surface area contributed by atoms with Crippen molar-refractivity contribution in [1.29, 1.82) is 0 Å². The standard InChI is InChI=1S/C31H31F3O2/c1-3-19-36-29-18-14-25(20-28(29)32)22-8-5-21(6-9-22)7-10-24-13-17-27(31(34)30(24)33)23-11-15-26(16-12-23)35-4-2/h3,7,10-18,20-22H,1,4-6,8-9,19H2,2H3/b10-7+. The van der Waals surface area contributed by atoms with Gasteiger partial charge in [-0.15, -0.1) is 0 Å². The van der Waals surface area contributed by atoms with E-state index in [9.17, 15) is 13.2 Å². The number of hydrogen-bond acceptors (Lipinski definition) is 2. The van der Waals surface area contributed by atoms with E-state index in [0.717, 1.165) is 31.2 Å². The molecule has 0 saturated heterocycles. The first-order valence-electron chi connectivity index (χ1n) is 12.4. The van der Waals surface area contributed by atoms with E-state index in [4.69, 9.17) is 9.47 Å². The summed E-state index contributed by atoms with van der Waals surface area (Å²) in [4.78, 5) is 0. The van der Waals surface area contributed by atoms with Crippen molar-refractivity contribution >= 4 is 6.08 Å². The molecule has 0 spiro atoms. The molecule has 0 aliphatic heterocycles. The summed E-state index contributed by atoms with van der Waals surface area (Å²) in [5.74, 6) is -0.584. The van der Waals surface area contributed by atoms with Gasteiger partial charge in [0.25, 0.3) is 0 Å². The second kappa shape index (κ2) is 12.0. The summed E-state index contributed by atoms with van der Waals surface area (Å²) in [5, 5.41) is 0. The fourth-order valence-corrected chi connectivity index (χ4v) is 4.73. The van der Waals surface area contributed by atoms with E-state index in [-0.39, 0.29) is 41.1 Å². The van der Waals surface area contributed by atoms with Crippen LogP contribution < -0.4 is 9.47 Å². The van der Waals surface area contributed by atoms with E-state index in [2.05, 4.69) is 6.58 Å². The highest BCUT2D eigenvalue weighted by molar-refractivity contribution is 5.67. The largest absolute Gasteiger partial charge is 0.494 e. The Morgan fingerprint density at radius 3 is 2.31 bits per heavy atom. The number of allylic oxidation sites excluding steroid dienone is 1. The van der Waals surface area contributed by atoms with Crippen molar-refractivity contribution < 1.29 is 22.6 Å². The highest BCUT2D eigenvalue weighted by Gasteiger charge is 2.22. The van der Waals surface area contributed by atoms with Gasteiger partial charge in [0.2, 0.25) is 0 Å². The van der Waals surface area contributed by atoms with Crippen LogP contribution in [0.25, 0.3) is 17.2 Å². The lowest BCUT2D eigenvalue weighted by atomic mass is 9.78. The van der Waals surface area contributed by atoms with Crippen LogP contribution in [0.15, 0.2) is 73.3 Å². The van der Waals surface area contributed by atoms with E-state index in [1.807, 2.05) is 19.1 Å². The van der Waals surface area contributed by atoms with E-state index in [1.54, 1.807) is 60.7 Å². The second-order valence-corrected chi connectivity index (χ2v) is 9.05. The molecule has 1 aliphatic carbocycles. The van der Waals surface area contributed by atoms with Crippen LogP contribution in [0.4, 0.5) is 13.2 Å². The first-order valence-corrected chi connectivity index (χ1v) is 12.4. The molecule has 3 aromatic rings. The van der Waals surface area contributed by atoms with Crippen molar-refractivity contribution in [2.24, 2.45) is 5.92 Å². The Hall–Kier alpha value is -3.47. The van der Waals surface area contributed by atoms with Crippen molar-refractivity contribution in [3.8, 4) is 22.6 Å². The number of ether oxygens (including phenoxy) is 2. The van der Waals surface area contributed by atoms with Crippen molar-refractivity contribution in [2.45, 2.75) is 38.5 Å². The molecular weight excluding hydrogens is 461 g/mol. The highest BCUT2D eigenvalue weighted by Crippen LogP contribution is 2.38. The number of hydrogen-bond donors (Lipinski definition) is 0. The molecular formula is C31H31F3O2. The van der Waals surface area contributed by atoms with Crippen molar-refractivity contribution in [3.63, 3.8) is 0 Å². The predicted octanol–water partition coefficient (Wildman–Crippen LogP) is 8.72. The lowest BCUT2D eigenvalue weighted by Crippen LogP contribution is -2.12. The van der Waals surface area contributed by atoms with Gasteiger partial charge in [0.05, 0.1) is 6.61 Å². The molecule has 3 aromatic carbocycles. The number of benzene rings is 3. The van der Waals surface area contributed by atoms with Gasteiger partial charge in [-0.2, -0.15) is 0 Å². The molecule has 5 heteroatoms. The third kappa shape index (κ3) is 6.01. The molecule has 0 N–H and O–H groups in total. The fourth-order valence-electron chi connectivity index (χ4n) is 4.73. The Morgan fingerprint density at radius 1 is 0.889 bits per heavy atom. The normalized spacial score (nSPS) is 17.8. The summed E-state index contributed by atoms with van der Waals surface area (Å²) in [7, 11) is 0. The van der Waals surface area contributed by atoms with Gasteiger partial charge in [0, 0.05) is 11.1 Å². The Bertz CT molecular complexity index is 1210. The maximum Gasteiger partial charge on any atom is 0.167 e. The summed E-state index contributed by atoms with van der Waals surface area (Å²) in [6, 6.07) is 15.3. The topological polar surface area (TPSA) is 18.5 Å².